The molecule has 4 nitrogen and oxygen atoms in total. The van der Waals surface area contributed by atoms with Crippen molar-refractivity contribution < 1.29 is 31.8 Å². The third-order valence-corrected chi connectivity index (χ3v) is 3.98. The van der Waals surface area contributed by atoms with Gasteiger partial charge in [-0.25, -0.2) is 17.6 Å². The van der Waals surface area contributed by atoms with E-state index in [0.29, 0.717) is 32.1 Å². The highest BCUT2D eigenvalue weighted by Gasteiger charge is 2.48. The molecule has 2 fully saturated rings. The quantitative estimate of drug-likeness (QED) is 0.517. The molecule has 120 valence electrons. The SMILES string of the molecule is O=C(NC1CCCC12OCCO2)c1cc(F)c(F)c(F)c1F. The molecule has 1 spiro atoms. The molecule has 3 rings (SSSR count). The standard InChI is InChI=1S/C14H13F4NO3/c15-8-6-7(10(16)12(18)11(8)17)13(20)19-9-2-1-3-14(9)21-4-5-22-14/h6,9H,1-5H2,(H,19,20). The van der Waals surface area contributed by atoms with Gasteiger partial charge >= 0.3 is 0 Å². The highest BCUT2D eigenvalue weighted by atomic mass is 19.2. The molecule has 1 saturated heterocycles. The Balaban J connectivity index is 1.83. The Labute approximate surface area is 123 Å². The zero-order valence-corrected chi connectivity index (χ0v) is 11.4. The highest BCUT2D eigenvalue weighted by Crippen LogP contribution is 2.37. The van der Waals surface area contributed by atoms with Crippen LogP contribution in [0.5, 0.6) is 0 Å². The fourth-order valence-electron chi connectivity index (χ4n) is 2.92. The Morgan fingerprint density at radius 2 is 1.82 bits per heavy atom. The summed E-state index contributed by atoms with van der Waals surface area (Å²) in [6.45, 7) is 0.751. The molecule has 0 aromatic heterocycles. The summed E-state index contributed by atoms with van der Waals surface area (Å²) in [6.07, 6.45) is 1.81. The molecule has 1 unspecified atom stereocenters. The van der Waals surface area contributed by atoms with Crippen molar-refractivity contribution in [3.63, 3.8) is 0 Å². The van der Waals surface area contributed by atoms with E-state index >= 15 is 0 Å². The first kappa shape index (κ1) is 15.2. The molecule has 1 aromatic rings. The second kappa shape index (κ2) is 5.51. The van der Waals surface area contributed by atoms with Crippen molar-refractivity contribution in [3.8, 4) is 0 Å². The van der Waals surface area contributed by atoms with Crippen molar-refractivity contribution in [1.82, 2.24) is 5.32 Å². The Morgan fingerprint density at radius 3 is 2.50 bits per heavy atom. The van der Waals surface area contributed by atoms with Gasteiger partial charge in [-0.15, -0.1) is 0 Å². The number of halogens is 4. The molecular weight excluding hydrogens is 306 g/mol. The lowest BCUT2D eigenvalue weighted by Gasteiger charge is -2.29. The molecule has 8 heteroatoms. The van der Waals surface area contributed by atoms with Gasteiger partial charge in [0, 0.05) is 6.42 Å². The first-order valence-corrected chi connectivity index (χ1v) is 6.86. The molecule has 1 atom stereocenters. The lowest BCUT2D eigenvalue weighted by atomic mass is 10.1. The van der Waals surface area contributed by atoms with E-state index in [0.717, 1.165) is 6.42 Å². The van der Waals surface area contributed by atoms with E-state index < -0.39 is 46.6 Å². The second-order valence-corrected chi connectivity index (χ2v) is 5.27. The lowest BCUT2D eigenvalue weighted by molar-refractivity contribution is -0.164. The molecule has 2 aliphatic rings. The second-order valence-electron chi connectivity index (χ2n) is 5.27. The Morgan fingerprint density at radius 1 is 1.14 bits per heavy atom. The summed E-state index contributed by atoms with van der Waals surface area (Å²) in [7, 11) is 0. The predicted octanol–water partition coefficient (Wildman–Crippen LogP) is 2.27. The molecule has 1 heterocycles. The van der Waals surface area contributed by atoms with E-state index in [9.17, 15) is 22.4 Å². The summed E-state index contributed by atoms with van der Waals surface area (Å²) >= 11 is 0. The van der Waals surface area contributed by atoms with Gasteiger partial charge in [0.05, 0.1) is 24.8 Å². The van der Waals surface area contributed by atoms with Gasteiger partial charge in [0.1, 0.15) is 0 Å². The maximum atomic E-state index is 13.6. The molecule has 1 aromatic carbocycles. The summed E-state index contributed by atoms with van der Waals surface area (Å²) in [5.41, 5.74) is -0.892. The van der Waals surface area contributed by atoms with Gasteiger partial charge in [-0.05, 0) is 18.9 Å². The van der Waals surface area contributed by atoms with Crippen molar-refractivity contribution in [2.45, 2.75) is 31.1 Å². The molecule has 0 radical (unpaired) electrons. The van der Waals surface area contributed by atoms with Crippen molar-refractivity contribution in [2.75, 3.05) is 13.2 Å². The molecule has 1 aliphatic carbocycles. The lowest BCUT2D eigenvalue weighted by Crippen LogP contribution is -2.50. The van der Waals surface area contributed by atoms with Crippen LogP contribution in [-0.4, -0.2) is 30.9 Å². The van der Waals surface area contributed by atoms with Crippen LogP contribution in [0.25, 0.3) is 0 Å². The predicted molar refractivity (Wildman–Crippen MR) is 66.0 cm³/mol. The number of benzene rings is 1. The van der Waals surface area contributed by atoms with Crippen LogP contribution < -0.4 is 5.32 Å². The normalized spacial score (nSPS) is 23.2. The summed E-state index contributed by atoms with van der Waals surface area (Å²) in [5.74, 6) is -9.33. The van der Waals surface area contributed by atoms with Gasteiger partial charge in [0.25, 0.3) is 5.91 Å². The summed E-state index contributed by atoms with van der Waals surface area (Å²) in [4.78, 5) is 12.1. The van der Waals surface area contributed by atoms with Gasteiger partial charge in [-0.3, -0.25) is 4.79 Å². The number of carbonyl (C=O) groups excluding carboxylic acids is 1. The third-order valence-electron chi connectivity index (χ3n) is 3.98. The van der Waals surface area contributed by atoms with Crippen LogP contribution in [0.15, 0.2) is 6.07 Å². The fraction of sp³-hybridized carbons (Fsp3) is 0.500. The Kier molecular flexibility index (Phi) is 3.82. The smallest absolute Gasteiger partial charge is 0.254 e. The highest BCUT2D eigenvalue weighted by molar-refractivity contribution is 5.94. The van der Waals surface area contributed by atoms with Crippen LogP contribution in [0.1, 0.15) is 29.6 Å². The molecule has 0 bridgehead atoms. The number of carbonyl (C=O) groups is 1. The number of nitrogens with one attached hydrogen (secondary N) is 1. The van der Waals surface area contributed by atoms with Crippen molar-refractivity contribution in [2.24, 2.45) is 0 Å². The van der Waals surface area contributed by atoms with E-state index in [1.54, 1.807) is 0 Å². The minimum Gasteiger partial charge on any atom is -0.346 e. The van der Waals surface area contributed by atoms with Crippen LogP contribution >= 0.6 is 0 Å². The van der Waals surface area contributed by atoms with Gasteiger partial charge in [-0.2, -0.15) is 0 Å². The largest absolute Gasteiger partial charge is 0.346 e. The number of hydrogen-bond acceptors (Lipinski definition) is 3. The maximum Gasteiger partial charge on any atom is 0.254 e. The van der Waals surface area contributed by atoms with Crippen molar-refractivity contribution >= 4 is 5.91 Å². The first-order valence-electron chi connectivity index (χ1n) is 6.86. The molecule has 1 saturated carbocycles. The van der Waals surface area contributed by atoms with E-state index in [4.69, 9.17) is 9.47 Å². The fourth-order valence-corrected chi connectivity index (χ4v) is 2.92. The maximum absolute atomic E-state index is 13.6. The average molecular weight is 319 g/mol. The van der Waals surface area contributed by atoms with Crippen molar-refractivity contribution in [1.29, 1.82) is 0 Å². The van der Waals surface area contributed by atoms with Gasteiger partial charge in [0.2, 0.25) is 0 Å². The Hall–Kier alpha value is -1.67. The van der Waals surface area contributed by atoms with Gasteiger partial charge in [0.15, 0.2) is 29.1 Å². The average Bonchev–Trinajstić information content (AvgIpc) is 3.12. The minimum absolute atomic E-state index is 0.334. The van der Waals surface area contributed by atoms with Crippen molar-refractivity contribution in [3.05, 3.63) is 34.9 Å². The van der Waals surface area contributed by atoms with E-state index in [1.807, 2.05) is 0 Å². The summed E-state index contributed by atoms with van der Waals surface area (Å²) < 4.78 is 63.9. The zero-order chi connectivity index (χ0) is 15.9. The molecule has 1 aliphatic heterocycles. The number of amides is 1. The molecular formula is C14H13F4NO3. The molecule has 1 amide bonds. The minimum atomic E-state index is -2.01. The van der Waals surface area contributed by atoms with Gasteiger partial charge < -0.3 is 14.8 Å². The van der Waals surface area contributed by atoms with E-state index in [1.165, 1.54) is 0 Å². The monoisotopic (exact) mass is 319 g/mol. The number of hydrogen-bond donors (Lipinski definition) is 1. The van der Waals surface area contributed by atoms with Crippen LogP contribution in [0.4, 0.5) is 17.6 Å². The first-order chi connectivity index (χ1) is 10.4. The van der Waals surface area contributed by atoms with Crippen LogP contribution in [0.2, 0.25) is 0 Å². The topological polar surface area (TPSA) is 47.6 Å². The number of rotatable bonds is 2. The van der Waals surface area contributed by atoms with Gasteiger partial charge in [-0.1, -0.05) is 0 Å². The van der Waals surface area contributed by atoms with E-state index in [2.05, 4.69) is 5.32 Å². The van der Waals surface area contributed by atoms with Crippen LogP contribution in [0.3, 0.4) is 0 Å². The van der Waals surface area contributed by atoms with Crippen LogP contribution in [-0.2, 0) is 9.47 Å². The zero-order valence-electron chi connectivity index (χ0n) is 11.4. The van der Waals surface area contributed by atoms with Crippen LogP contribution in [0, 0.1) is 23.3 Å². The molecule has 22 heavy (non-hydrogen) atoms. The summed E-state index contributed by atoms with van der Waals surface area (Å²) in [5, 5.41) is 2.46. The molecule has 1 N–H and O–H groups in total. The van der Waals surface area contributed by atoms with E-state index in [-0.39, 0.29) is 0 Å². The summed E-state index contributed by atoms with van der Waals surface area (Å²) in [6, 6.07) is -0.223. The number of ether oxygens (including phenoxy) is 2. The third kappa shape index (κ3) is 2.36. The Bertz CT molecular complexity index is 611.